The van der Waals surface area contributed by atoms with Crippen molar-refractivity contribution in [3.8, 4) is 6.07 Å². The van der Waals surface area contributed by atoms with Crippen molar-refractivity contribution in [2.24, 2.45) is 11.8 Å². The fourth-order valence-corrected chi connectivity index (χ4v) is 2.78. The number of nitrogens with one attached hydrogen (secondary N) is 3. The van der Waals surface area contributed by atoms with Gasteiger partial charge in [0.1, 0.15) is 0 Å². The second kappa shape index (κ2) is 4.90. The summed E-state index contributed by atoms with van der Waals surface area (Å²) < 4.78 is 1.01. The third-order valence-electron chi connectivity index (χ3n) is 3.07. The fourth-order valence-electron chi connectivity index (χ4n) is 1.91. The molecule has 1 aliphatic carbocycles. The van der Waals surface area contributed by atoms with Crippen LogP contribution in [0.3, 0.4) is 0 Å². The van der Waals surface area contributed by atoms with Gasteiger partial charge in [0.15, 0.2) is 5.13 Å². The number of fused-ring (bicyclic) bond motifs is 1. The zero-order chi connectivity index (χ0) is 14.1. The highest BCUT2D eigenvalue weighted by Crippen LogP contribution is 2.37. The van der Waals surface area contributed by atoms with E-state index in [1.807, 2.05) is 30.3 Å². The SMILES string of the molecule is N#C[C@H]1C[C@@H]1C(=O)NC(=N)Nc1nc2ccccc2s1. The number of carbonyl (C=O) groups is 1. The van der Waals surface area contributed by atoms with Crippen molar-refractivity contribution >= 4 is 38.6 Å². The Labute approximate surface area is 118 Å². The summed E-state index contributed by atoms with van der Waals surface area (Å²) in [7, 11) is 0. The molecule has 0 saturated heterocycles. The maximum Gasteiger partial charge on any atom is 0.231 e. The lowest BCUT2D eigenvalue weighted by Crippen LogP contribution is -2.36. The molecular weight excluding hydrogens is 274 g/mol. The van der Waals surface area contributed by atoms with Gasteiger partial charge in [0.2, 0.25) is 11.9 Å². The smallest absolute Gasteiger partial charge is 0.231 e. The quantitative estimate of drug-likeness (QED) is 0.579. The van der Waals surface area contributed by atoms with Crippen molar-refractivity contribution in [1.29, 1.82) is 10.7 Å². The van der Waals surface area contributed by atoms with Gasteiger partial charge in [0, 0.05) is 0 Å². The topological polar surface area (TPSA) is 102 Å². The van der Waals surface area contributed by atoms with E-state index in [4.69, 9.17) is 10.7 Å². The number of nitriles is 1. The molecule has 1 fully saturated rings. The predicted octanol–water partition coefficient (Wildman–Crippen LogP) is 1.92. The van der Waals surface area contributed by atoms with E-state index in [-0.39, 0.29) is 23.7 Å². The molecule has 0 aliphatic heterocycles. The minimum absolute atomic E-state index is 0.113. The van der Waals surface area contributed by atoms with Crippen LogP contribution in [0.2, 0.25) is 0 Å². The Morgan fingerprint density at radius 1 is 1.50 bits per heavy atom. The molecule has 1 aliphatic rings. The maximum atomic E-state index is 11.7. The summed E-state index contributed by atoms with van der Waals surface area (Å²) >= 11 is 1.42. The van der Waals surface area contributed by atoms with E-state index in [1.54, 1.807) is 0 Å². The van der Waals surface area contributed by atoms with Gasteiger partial charge in [-0.15, -0.1) is 0 Å². The zero-order valence-electron chi connectivity index (χ0n) is 10.4. The number of nitrogens with zero attached hydrogens (tertiary/aromatic N) is 2. The minimum Gasteiger partial charge on any atom is -0.302 e. The first-order chi connectivity index (χ1) is 9.67. The van der Waals surface area contributed by atoms with E-state index in [1.165, 1.54) is 11.3 Å². The van der Waals surface area contributed by atoms with Gasteiger partial charge >= 0.3 is 0 Å². The molecule has 0 bridgehead atoms. The van der Waals surface area contributed by atoms with Crippen LogP contribution in [0.4, 0.5) is 5.13 Å². The largest absolute Gasteiger partial charge is 0.302 e. The van der Waals surface area contributed by atoms with Gasteiger partial charge in [-0.3, -0.25) is 15.5 Å². The van der Waals surface area contributed by atoms with Crippen LogP contribution in [0, 0.1) is 28.6 Å². The van der Waals surface area contributed by atoms with Gasteiger partial charge in [-0.25, -0.2) is 4.98 Å². The van der Waals surface area contributed by atoms with E-state index in [2.05, 4.69) is 15.6 Å². The molecular formula is C13H11N5OS. The third kappa shape index (κ3) is 2.46. The van der Waals surface area contributed by atoms with E-state index >= 15 is 0 Å². The first kappa shape index (κ1) is 12.6. The second-order valence-electron chi connectivity index (χ2n) is 4.55. The molecule has 3 rings (SSSR count). The molecule has 1 aromatic carbocycles. The van der Waals surface area contributed by atoms with Crippen LogP contribution < -0.4 is 10.6 Å². The van der Waals surface area contributed by atoms with E-state index in [9.17, 15) is 4.79 Å². The molecule has 2 atom stereocenters. The number of para-hydroxylation sites is 1. The number of amides is 1. The molecule has 20 heavy (non-hydrogen) atoms. The van der Waals surface area contributed by atoms with Gasteiger partial charge in [-0.2, -0.15) is 5.26 Å². The van der Waals surface area contributed by atoms with Crippen LogP contribution in [0.25, 0.3) is 10.2 Å². The highest BCUT2D eigenvalue weighted by Gasteiger charge is 2.43. The van der Waals surface area contributed by atoms with Crippen LogP contribution in [0.15, 0.2) is 24.3 Å². The molecule has 6 nitrogen and oxygen atoms in total. The van der Waals surface area contributed by atoms with Crippen molar-refractivity contribution in [3.05, 3.63) is 24.3 Å². The number of guanidine groups is 1. The number of benzene rings is 1. The summed E-state index contributed by atoms with van der Waals surface area (Å²) in [6, 6.07) is 9.70. The molecule has 3 N–H and O–H groups in total. The van der Waals surface area contributed by atoms with E-state index < -0.39 is 0 Å². The first-order valence-corrected chi connectivity index (χ1v) is 6.90. The lowest BCUT2D eigenvalue weighted by molar-refractivity contribution is -0.121. The predicted molar refractivity (Wildman–Crippen MR) is 76.3 cm³/mol. The molecule has 100 valence electrons. The number of carbonyl (C=O) groups excluding carboxylic acids is 1. The number of hydrogen-bond acceptors (Lipinski definition) is 5. The normalized spacial score (nSPS) is 20.1. The Hall–Kier alpha value is -2.46. The van der Waals surface area contributed by atoms with Gasteiger partial charge in [-0.1, -0.05) is 23.5 Å². The Kier molecular flexibility index (Phi) is 3.08. The van der Waals surface area contributed by atoms with Crippen LogP contribution in [0.5, 0.6) is 0 Å². The van der Waals surface area contributed by atoms with Crippen LogP contribution >= 0.6 is 11.3 Å². The highest BCUT2D eigenvalue weighted by molar-refractivity contribution is 7.22. The van der Waals surface area contributed by atoms with Crippen LogP contribution in [-0.2, 0) is 4.79 Å². The molecule has 1 aromatic heterocycles. The minimum atomic E-state index is -0.282. The fraction of sp³-hybridized carbons (Fsp3) is 0.231. The molecule has 0 unspecified atom stereocenters. The number of rotatable bonds is 2. The summed E-state index contributed by atoms with van der Waals surface area (Å²) in [5.74, 6) is -0.879. The van der Waals surface area contributed by atoms with Crippen molar-refractivity contribution < 1.29 is 4.79 Å². The van der Waals surface area contributed by atoms with E-state index in [0.29, 0.717) is 11.6 Å². The Morgan fingerprint density at radius 3 is 3.00 bits per heavy atom. The average Bonchev–Trinajstić information content (AvgIpc) is 3.11. The third-order valence-corrected chi connectivity index (χ3v) is 4.02. The van der Waals surface area contributed by atoms with E-state index in [0.717, 1.165) is 10.2 Å². The molecule has 0 radical (unpaired) electrons. The van der Waals surface area contributed by atoms with Crippen molar-refractivity contribution in [3.63, 3.8) is 0 Å². The second-order valence-corrected chi connectivity index (χ2v) is 5.58. The summed E-state index contributed by atoms with van der Waals surface area (Å²) in [4.78, 5) is 16.0. The number of aromatic nitrogens is 1. The molecule has 7 heteroatoms. The number of anilines is 1. The first-order valence-electron chi connectivity index (χ1n) is 6.09. The monoisotopic (exact) mass is 285 g/mol. The number of thiazole rings is 1. The zero-order valence-corrected chi connectivity index (χ0v) is 11.2. The molecule has 1 amide bonds. The molecule has 2 aromatic rings. The van der Waals surface area contributed by atoms with Gasteiger partial charge in [0.25, 0.3) is 0 Å². The van der Waals surface area contributed by atoms with Gasteiger partial charge < -0.3 is 5.32 Å². The highest BCUT2D eigenvalue weighted by atomic mass is 32.1. The Bertz CT molecular complexity index is 699. The van der Waals surface area contributed by atoms with Gasteiger partial charge in [-0.05, 0) is 18.6 Å². The lowest BCUT2D eigenvalue weighted by Gasteiger charge is -2.05. The molecule has 1 saturated carbocycles. The molecule has 1 heterocycles. The Morgan fingerprint density at radius 2 is 2.30 bits per heavy atom. The number of hydrogen-bond donors (Lipinski definition) is 3. The summed E-state index contributed by atoms with van der Waals surface area (Å²) in [6.07, 6.45) is 0.580. The standard InChI is InChI=1S/C13H11N5OS/c14-6-7-5-8(7)11(19)17-12(15)18-13-16-9-3-1-2-4-10(9)20-13/h1-4,7-8H,5H2,(H3,15,16,17,18,19)/t7-,8+/m1/s1. The summed E-state index contributed by atoms with van der Waals surface area (Å²) in [6.45, 7) is 0. The summed E-state index contributed by atoms with van der Waals surface area (Å²) in [5, 5.41) is 22.1. The average molecular weight is 285 g/mol. The molecule has 0 spiro atoms. The van der Waals surface area contributed by atoms with Crippen molar-refractivity contribution in [2.75, 3.05) is 5.32 Å². The lowest BCUT2D eigenvalue weighted by atomic mass is 10.3. The maximum absolute atomic E-state index is 11.7. The van der Waals surface area contributed by atoms with Crippen LogP contribution in [-0.4, -0.2) is 16.9 Å². The summed E-state index contributed by atoms with van der Waals surface area (Å²) in [5.41, 5.74) is 0.853. The van der Waals surface area contributed by atoms with Crippen molar-refractivity contribution in [1.82, 2.24) is 10.3 Å². The Balaban J connectivity index is 1.61. The van der Waals surface area contributed by atoms with Crippen LogP contribution in [0.1, 0.15) is 6.42 Å². The van der Waals surface area contributed by atoms with Gasteiger partial charge in [0.05, 0.1) is 28.1 Å². The van der Waals surface area contributed by atoms with Crippen molar-refractivity contribution in [2.45, 2.75) is 6.42 Å².